The zero-order valence-corrected chi connectivity index (χ0v) is 14.8. The number of aryl methyl sites for hydroxylation is 2. The highest BCUT2D eigenvalue weighted by molar-refractivity contribution is 5.94. The number of nitrogens with one attached hydrogen (secondary N) is 1. The Bertz CT molecular complexity index is 753. The molecule has 5 nitrogen and oxygen atoms in total. The van der Waals surface area contributed by atoms with Gasteiger partial charge in [0.05, 0.1) is 23.0 Å². The van der Waals surface area contributed by atoms with Crippen molar-refractivity contribution in [1.29, 1.82) is 0 Å². The normalized spacial score (nSPS) is 17.0. The lowest BCUT2D eigenvalue weighted by atomic mass is 9.94. The smallest absolute Gasteiger partial charge is 0.251 e. The SMILES string of the molecule is CC(C)(O)CCc1cccc(C(=O)NC2CCCc3nccnc32)c1. The maximum atomic E-state index is 12.7. The van der Waals surface area contributed by atoms with Gasteiger partial charge in [-0.05, 0) is 63.6 Å². The molecule has 132 valence electrons. The summed E-state index contributed by atoms with van der Waals surface area (Å²) >= 11 is 0. The molecule has 1 atom stereocenters. The van der Waals surface area contributed by atoms with Gasteiger partial charge >= 0.3 is 0 Å². The number of rotatable bonds is 5. The van der Waals surface area contributed by atoms with Crippen molar-refractivity contribution in [3.05, 3.63) is 59.2 Å². The van der Waals surface area contributed by atoms with E-state index in [1.54, 1.807) is 26.2 Å². The van der Waals surface area contributed by atoms with Gasteiger partial charge in [0.2, 0.25) is 0 Å². The highest BCUT2D eigenvalue weighted by Gasteiger charge is 2.24. The van der Waals surface area contributed by atoms with Crippen molar-refractivity contribution in [1.82, 2.24) is 15.3 Å². The molecule has 1 amide bonds. The molecule has 0 aliphatic heterocycles. The van der Waals surface area contributed by atoms with Crippen molar-refractivity contribution in [2.24, 2.45) is 0 Å². The Morgan fingerprint density at radius 3 is 2.92 bits per heavy atom. The summed E-state index contributed by atoms with van der Waals surface area (Å²) < 4.78 is 0. The number of nitrogens with zero attached hydrogens (tertiary/aromatic N) is 2. The Morgan fingerprint density at radius 1 is 1.32 bits per heavy atom. The number of fused-ring (bicyclic) bond motifs is 1. The average Bonchev–Trinajstić information content (AvgIpc) is 2.60. The summed E-state index contributed by atoms with van der Waals surface area (Å²) in [6.45, 7) is 3.59. The van der Waals surface area contributed by atoms with E-state index in [0.717, 1.165) is 42.6 Å². The summed E-state index contributed by atoms with van der Waals surface area (Å²) in [6.07, 6.45) is 7.59. The molecule has 0 radical (unpaired) electrons. The lowest BCUT2D eigenvalue weighted by Gasteiger charge is -2.24. The Kier molecular flexibility index (Phi) is 5.13. The third kappa shape index (κ3) is 4.63. The standard InChI is InChI=1S/C20H25N3O2/c1-20(2,25)10-9-14-5-3-6-15(13-14)19(24)23-17-8-4-7-16-18(17)22-12-11-21-16/h3,5-6,11-13,17,25H,4,7-10H2,1-2H3,(H,23,24). The van der Waals surface area contributed by atoms with E-state index >= 15 is 0 Å². The van der Waals surface area contributed by atoms with Gasteiger partial charge in [-0.25, -0.2) is 0 Å². The van der Waals surface area contributed by atoms with E-state index < -0.39 is 5.60 Å². The fraction of sp³-hybridized carbons (Fsp3) is 0.450. The number of carbonyl (C=O) groups is 1. The van der Waals surface area contributed by atoms with Crippen molar-refractivity contribution in [2.75, 3.05) is 0 Å². The molecule has 25 heavy (non-hydrogen) atoms. The van der Waals surface area contributed by atoms with E-state index in [9.17, 15) is 9.90 Å². The second-order valence-electron chi connectivity index (χ2n) is 7.32. The highest BCUT2D eigenvalue weighted by atomic mass is 16.3. The maximum Gasteiger partial charge on any atom is 0.251 e. The Balaban J connectivity index is 1.70. The maximum absolute atomic E-state index is 12.7. The van der Waals surface area contributed by atoms with Gasteiger partial charge in [0.1, 0.15) is 0 Å². The van der Waals surface area contributed by atoms with E-state index in [4.69, 9.17) is 0 Å². The summed E-state index contributed by atoms with van der Waals surface area (Å²) in [6, 6.07) is 7.53. The van der Waals surface area contributed by atoms with Gasteiger partial charge in [0.25, 0.3) is 5.91 Å². The molecule has 2 aromatic rings. The molecule has 2 N–H and O–H groups in total. The minimum atomic E-state index is -0.706. The van der Waals surface area contributed by atoms with Crippen LogP contribution in [0.1, 0.15) is 66.5 Å². The van der Waals surface area contributed by atoms with Crippen LogP contribution in [-0.4, -0.2) is 26.6 Å². The minimum absolute atomic E-state index is 0.0787. The van der Waals surface area contributed by atoms with Crippen LogP contribution in [0.4, 0.5) is 0 Å². The number of aliphatic hydroxyl groups is 1. The summed E-state index contributed by atoms with van der Waals surface area (Å²) in [5.41, 5.74) is 2.86. The Morgan fingerprint density at radius 2 is 2.12 bits per heavy atom. The molecule has 1 aliphatic carbocycles. The molecule has 0 saturated heterocycles. The van der Waals surface area contributed by atoms with Gasteiger partial charge in [0, 0.05) is 18.0 Å². The monoisotopic (exact) mass is 339 g/mol. The highest BCUT2D eigenvalue weighted by Crippen LogP contribution is 2.26. The number of hydrogen-bond acceptors (Lipinski definition) is 4. The molecule has 0 fully saturated rings. The van der Waals surface area contributed by atoms with Crippen molar-refractivity contribution in [2.45, 2.75) is 57.6 Å². The van der Waals surface area contributed by atoms with E-state index in [-0.39, 0.29) is 11.9 Å². The van der Waals surface area contributed by atoms with Gasteiger partial charge in [-0.1, -0.05) is 12.1 Å². The number of aromatic nitrogens is 2. The van der Waals surface area contributed by atoms with Crippen LogP contribution in [0.2, 0.25) is 0 Å². The largest absolute Gasteiger partial charge is 0.390 e. The van der Waals surface area contributed by atoms with E-state index in [2.05, 4.69) is 15.3 Å². The van der Waals surface area contributed by atoms with Crippen LogP contribution in [0, 0.1) is 0 Å². The van der Waals surface area contributed by atoms with E-state index in [1.807, 2.05) is 24.3 Å². The van der Waals surface area contributed by atoms with Crippen LogP contribution in [0.3, 0.4) is 0 Å². The minimum Gasteiger partial charge on any atom is -0.390 e. The number of carbonyl (C=O) groups excluding carboxylic acids is 1. The van der Waals surface area contributed by atoms with Crippen molar-refractivity contribution < 1.29 is 9.90 Å². The van der Waals surface area contributed by atoms with E-state index in [1.165, 1.54) is 0 Å². The molecule has 1 aliphatic rings. The molecule has 0 bridgehead atoms. The predicted molar refractivity (Wildman–Crippen MR) is 96.2 cm³/mol. The number of hydrogen-bond donors (Lipinski definition) is 2. The van der Waals surface area contributed by atoms with Crippen LogP contribution in [0.5, 0.6) is 0 Å². The first-order chi connectivity index (χ1) is 11.9. The van der Waals surface area contributed by atoms with Crippen LogP contribution < -0.4 is 5.32 Å². The lowest BCUT2D eigenvalue weighted by molar-refractivity contribution is 0.0714. The fourth-order valence-electron chi connectivity index (χ4n) is 3.17. The van der Waals surface area contributed by atoms with Crippen molar-refractivity contribution in [3.8, 4) is 0 Å². The molecule has 1 aromatic heterocycles. The van der Waals surface area contributed by atoms with E-state index in [0.29, 0.717) is 12.0 Å². The quantitative estimate of drug-likeness (QED) is 0.878. The molecular weight excluding hydrogens is 314 g/mol. The molecule has 3 rings (SSSR count). The molecule has 1 aromatic carbocycles. The number of benzene rings is 1. The van der Waals surface area contributed by atoms with Crippen LogP contribution in [-0.2, 0) is 12.8 Å². The van der Waals surface area contributed by atoms with Gasteiger partial charge < -0.3 is 10.4 Å². The molecule has 5 heteroatoms. The molecule has 0 saturated carbocycles. The lowest BCUT2D eigenvalue weighted by Crippen LogP contribution is -2.32. The third-order valence-corrected chi connectivity index (χ3v) is 4.56. The first-order valence-corrected chi connectivity index (χ1v) is 8.84. The van der Waals surface area contributed by atoms with Crippen molar-refractivity contribution in [3.63, 3.8) is 0 Å². The van der Waals surface area contributed by atoms with Gasteiger partial charge in [0.15, 0.2) is 0 Å². The molecule has 0 spiro atoms. The first kappa shape index (κ1) is 17.5. The summed E-state index contributed by atoms with van der Waals surface area (Å²) in [4.78, 5) is 21.5. The van der Waals surface area contributed by atoms with Gasteiger partial charge in [-0.15, -0.1) is 0 Å². The van der Waals surface area contributed by atoms with Crippen molar-refractivity contribution >= 4 is 5.91 Å². The summed E-state index contributed by atoms with van der Waals surface area (Å²) in [7, 11) is 0. The first-order valence-electron chi connectivity index (χ1n) is 8.84. The fourth-order valence-corrected chi connectivity index (χ4v) is 3.17. The molecule has 1 heterocycles. The summed E-state index contributed by atoms with van der Waals surface area (Å²) in [5.74, 6) is -0.0892. The second-order valence-corrected chi connectivity index (χ2v) is 7.32. The van der Waals surface area contributed by atoms with Crippen LogP contribution in [0.25, 0.3) is 0 Å². The topological polar surface area (TPSA) is 75.1 Å². The zero-order chi connectivity index (χ0) is 17.9. The van der Waals surface area contributed by atoms with Gasteiger partial charge in [-0.3, -0.25) is 14.8 Å². The zero-order valence-electron chi connectivity index (χ0n) is 14.8. The molecule has 1 unspecified atom stereocenters. The average molecular weight is 339 g/mol. The summed E-state index contributed by atoms with van der Waals surface area (Å²) in [5, 5.41) is 13.0. The third-order valence-electron chi connectivity index (χ3n) is 4.56. The van der Waals surface area contributed by atoms with Crippen LogP contribution >= 0.6 is 0 Å². The second kappa shape index (κ2) is 7.31. The van der Waals surface area contributed by atoms with Gasteiger partial charge in [-0.2, -0.15) is 0 Å². The predicted octanol–water partition coefficient (Wildman–Crippen LogP) is 2.99. The number of amides is 1. The van der Waals surface area contributed by atoms with Crippen LogP contribution in [0.15, 0.2) is 36.7 Å². The Labute approximate surface area is 148 Å². The molecular formula is C20H25N3O2. The Hall–Kier alpha value is -2.27.